The number of thiocarbonyl (C=S) groups is 1. The van der Waals surface area contributed by atoms with Crippen LogP contribution in [-0.2, 0) is 4.79 Å². The number of ketones is 1. The number of thioether (sulfide) groups is 1. The number of Topliss-reactive ketones (excluding diaryl/α,β-unsaturated/α-hetero) is 1. The van der Waals surface area contributed by atoms with Crippen LogP contribution in [0.3, 0.4) is 0 Å². The van der Waals surface area contributed by atoms with E-state index in [9.17, 15) is 4.79 Å². The molecule has 0 aromatic heterocycles. The highest BCUT2D eigenvalue weighted by molar-refractivity contribution is 8.24. The fourth-order valence-electron chi connectivity index (χ4n) is 1.04. The Labute approximate surface area is 105 Å². The Balaban J connectivity index is 2.69. The molecule has 0 aliphatic rings. The molecule has 4 heteroatoms. The Bertz CT molecular complexity index is 385. The topological polar surface area (TPSA) is 26.3 Å². The molecule has 1 unspecified atom stereocenters. The second kappa shape index (κ2) is 6.01. The number of hydrogen-bond donors (Lipinski definition) is 0. The Morgan fingerprint density at radius 3 is 2.38 bits per heavy atom. The van der Waals surface area contributed by atoms with Gasteiger partial charge in [-0.25, -0.2) is 0 Å². The number of ether oxygens (including phenoxy) is 1. The maximum Gasteiger partial charge on any atom is 0.142 e. The van der Waals surface area contributed by atoms with Crippen molar-refractivity contribution in [3.05, 3.63) is 29.8 Å². The monoisotopic (exact) mass is 254 g/mol. The van der Waals surface area contributed by atoms with Gasteiger partial charge in [-0.3, -0.25) is 4.79 Å². The lowest BCUT2D eigenvalue weighted by Crippen LogP contribution is -2.11. The van der Waals surface area contributed by atoms with E-state index >= 15 is 0 Å². The molecule has 0 saturated heterocycles. The third-order valence-electron chi connectivity index (χ3n) is 2.18. The summed E-state index contributed by atoms with van der Waals surface area (Å²) < 4.78 is 5.81. The number of hydrogen-bond acceptors (Lipinski definition) is 4. The molecule has 16 heavy (non-hydrogen) atoms. The molecule has 1 aromatic rings. The van der Waals surface area contributed by atoms with Crippen LogP contribution >= 0.6 is 24.0 Å². The second-order valence-corrected chi connectivity index (χ2v) is 5.40. The SMILES string of the molecule is COc1ccc(C(=S)SC(C)C(C)=O)cc1. The molecular weight excluding hydrogens is 240 g/mol. The van der Waals surface area contributed by atoms with E-state index < -0.39 is 0 Å². The lowest BCUT2D eigenvalue weighted by molar-refractivity contribution is -0.116. The summed E-state index contributed by atoms with van der Waals surface area (Å²) in [6, 6.07) is 7.53. The molecule has 1 aromatic carbocycles. The fraction of sp³-hybridized carbons (Fsp3) is 0.333. The summed E-state index contributed by atoms with van der Waals surface area (Å²) in [4.78, 5) is 11.1. The first-order valence-corrected chi connectivity index (χ1v) is 6.19. The minimum absolute atomic E-state index is 0.0883. The van der Waals surface area contributed by atoms with Gasteiger partial charge in [0.15, 0.2) is 0 Å². The van der Waals surface area contributed by atoms with Gasteiger partial charge in [-0.1, -0.05) is 12.2 Å². The maximum atomic E-state index is 11.1. The van der Waals surface area contributed by atoms with E-state index in [4.69, 9.17) is 17.0 Å². The minimum atomic E-state index is -0.0883. The van der Waals surface area contributed by atoms with Crippen molar-refractivity contribution in [2.45, 2.75) is 19.1 Å². The smallest absolute Gasteiger partial charge is 0.142 e. The van der Waals surface area contributed by atoms with Gasteiger partial charge in [0.05, 0.1) is 16.6 Å². The lowest BCUT2D eigenvalue weighted by Gasteiger charge is -2.09. The van der Waals surface area contributed by atoms with Crippen LogP contribution in [0.4, 0.5) is 0 Å². The highest BCUT2D eigenvalue weighted by Gasteiger charge is 2.12. The Kier molecular flexibility index (Phi) is 4.96. The molecule has 0 saturated carbocycles. The van der Waals surface area contributed by atoms with Crippen LogP contribution in [0, 0.1) is 0 Å². The first-order chi connectivity index (χ1) is 7.54. The lowest BCUT2D eigenvalue weighted by atomic mass is 10.2. The van der Waals surface area contributed by atoms with Crippen LogP contribution in [0.25, 0.3) is 0 Å². The quantitative estimate of drug-likeness (QED) is 0.771. The largest absolute Gasteiger partial charge is 0.497 e. The van der Waals surface area contributed by atoms with Crippen LogP contribution in [-0.4, -0.2) is 22.3 Å². The molecular formula is C12H14O2S2. The van der Waals surface area contributed by atoms with E-state index in [0.29, 0.717) is 0 Å². The normalized spacial score (nSPS) is 11.9. The molecule has 0 bridgehead atoms. The van der Waals surface area contributed by atoms with E-state index in [2.05, 4.69) is 0 Å². The van der Waals surface area contributed by atoms with Gasteiger partial charge in [-0.2, -0.15) is 0 Å². The number of carbonyl (C=O) groups excluding carboxylic acids is 1. The van der Waals surface area contributed by atoms with Crippen molar-refractivity contribution in [3.8, 4) is 5.75 Å². The van der Waals surface area contributed by atoms with Gasteiger partial charge in [0.2, 0.25) is 0 Å². The van der Waals surface area contributed by atoms with Gasteiger partial charge in [0.25, 0.3) is 0 Å². The van der Waals surface area contributed by atoms with Crippen molar-refractivity contribution in [2.75, 3.05) is 7.11 Å². The summed E-state index contributed by atoms with van der Waals surface area (Å²) in [6.07, 6.45) is 0. The van der Waals surface area contributed by atoms with Crippen LogP contribution in [0.15, 0.2) is 24.3 Å². The average molecular weight is 254 g/mol. The van der Waals surface area contributed by atoms with E-state index in [0.717, 1.165) is 15.5 Å². The van der Waals surface area contributed by atoms with Gasteiger partial charge < -0.3 is 4.74 Å². The standard InChI is InChI=1S/C12H14O2S2/c1-8(13)9(2)16-12(15)10-4-6-11(14-3)7-5-10/h4-7,9H,1-3H3. The van der Waals surface area contributed by atoms with E-state index in [1.165, 1.54) is 11.8 Å². The van der Waals surface area contributed by atoms with Gasteiger partial charge in [-0.15, -0.1) is 11.8 Å². The third-order valence-corrected chi connectivity index (χ3v) is 3.84. The summed E-state index contributed by atoms with van der Waals surface area (Å²) >= 11 is 6.68. The van der Waals surface area contributed by atoms with Crippen molar-refractivity contribution < 1.29 is 9.53 Å². The second-order valence-electron chi connectivity index (χ2n) is 3.39. The number of rotatable bonds is 4. The summed E-state index contributed by atoms with van der Waals surface area (Å²) in [5, 5.41) is -0.0883. The van der Waals surface area contributed by atoms with E-state index in [1.54, 1.807) is 14.0 Å². The van der Waals surface area contributed by atoms with Gasteiger partial charge in [0.1, 0.15) is 11.5 Å². The molecule has 0 radical (unpaired) electrons. The Morgan fingerprint density at radius 1 is 1.38 bits per heavy atom. The minimum Gasteiger partial charge on any atom is -0.497 e. The Morgan fingerprint density at radius 2 is 1.94 bits per heavy atom. The Hall–Kier alpha value is -0.870. The molecule has 0 amide bonds. The maximum absolute atomic E-state index is 11.1. The molecule has 0 N–H and O–H groups in total. The summed E-state index contributed by atoms with van der Waals surface area (Å²) in [5.74, 6) is 0.942. The van der Waals surface area contributed by atoms with Gasteiger partial charge >= 0.3 is 0 Å². The van der Waals surface area contributed by atoms with E-state index in [-0.39, 0.29) is 11.0 Å². The summed E-state index contributed by atoms with van der Waals surface area (Å²) in [6.45, 7) is 3.44. The average Bonchev–Trinajstić information content (AvgIpc) is 2.28. The molecule has 0 fully saturated rings. The summed E-state index contributed by atoms with van der Waals surface area (Å²) in [5.41, 5.74) is 0.953. The van der Waals surface area contributed by atoms with Gasteiger partial charge in [0, 0.05) is 0 Å². The van der Waals surface area contributed by atoms with Gasteiger partial charge in [-0.05, 0) is 43.7 Å². The number of benzene rings is 1. The summed E-state index contributed by atoms with van der Waals surface area (Å²) in [7, 11) is 1.62. The molecule has 86 valence electrons. The fourth-order valence-corrected chi connectivity index (χ4v) is 2.37. The van der Waals surface area contributed by atoms with Crippen LogP contribution in [0.1, 0.15) is 19.4 Å². The molecule has 0 aliphatic heterocycles. The van der Waals surface area contributed by atoms with Crippen molar-refractivity contribution in [1.29, 1.82) is 0 Å². The predicted octanol–water partition coefficient (Wildman–Crippen LogP) is 3.08. The zero-order valence-electron chi connectivity index (χ0n) is 9.52. The number of carbonyl (C=O) groups is 1. The van der Waals surface area contributed by atoms with E-state index in [1.807, 2.05) is 31.2 Å². The van der Waals surface area contributed by atoms with Crippen LogP contribution in [0.2, 0.25) is 0 Å². The van der Waals surface area contributed by atoms with Crippen molar-refractivity contribution in [3.63, 3.8) is 0 Å². The first-order valence-electron chi connectivity index (χ1n) is 4.90. The zero-order chi connectivity index (χ0) is 12.1. The predicted molar refractivity (Wildman–Crippen MR) is 72.4 cm³/mol. The molecule has 0 aliphatic carbocycles. The molecule has 1 atom stereocenters. The van der Waals surface area contributed by atoms with Crippen LogP contribution in [0.5, 0.6) is 5.75 Å². The third kappa shape index (κ3) is 3.61. The zero-order valence-corrected chi connectivity index (χ0v) is 11.2. The molecule has 0 heterocycles. The van der Waals surface area contributed by atoms with Crippen molar-refractivity contribution in [1.82, 2.24) is 0 Å². The first kappa shape index (κ1) is 13.2. The molecule has 0 spiro atoms. The highest BCUT2D eigenvalue weighted by Crippen LogP contribution is 2.21. The molecule has 2 nitrogen and oxygen atoms in total. The highest BCUT2D eigenvalue weighted by atomic mass is 32.2. The van der Waals surface area contributed by atoms with Crippen molar-refractivity contribution >= 4 is 34.0 Å². The number of methoxy groups -OCH3 is 1. The van der Waals surface area contributed by atoms with Crippen molar-refractivity contribution in [2.24, 2.45) is 0 Å². The van der Waals surface area contributed by atoms with Crippen LogP contribution < -0.4 is 4.74 Å². The molecule has 1 rings (SSSR count).